The van der Waals surface area contributed by atoms with Crippen LogP contribution in [0, 0.1) is 0 Å². The Balaban J connectivity index is 2.41. The Bertz CT molecular complexity index is 1450. The van der Waals surface area contributed by atoms with Crippen molar-refractivity contribution in [2.45, 2.75) is 218 Å². The first-order valence-corrected chi connectivity index (χ1v) is 26.1. The number of hydrogen-bond donors (Lipinski definition) is 4. The monoisotopic (exact) mass is 923 g/mol. The number of carbonyl (C=O) groups excluding carboxylic acids is 2. The van der Waals surface area contributed by atoms with E-state index < -0.39 is 71.2 Å². The van der Waals surface area contributed by atoms with Gasteiger partial charge in [0, 0.05) is 12.8 Å². The molecule has 1 aliphatic rings. The molecule has 0 saturated carbocycles. The number of carbonyl (C=O) groups is 2. The van der Waals surface area contributed by atoms with Crippen molar-refractivity contribution in [2.75, 3.05) is 19.0 Å². The predicted molar refractivity (Wildman–Crippen MR) is 256 cm³/mol. The van der Waals surface area contributed by atoms with E-state index in [9.17, 15) is 37.9 Å². The average Bonchev–Trinajstić information content (AvgIpc) is 3.26. The lowest BCUT2D eigenvalue weighted by Crippen LogP contribution is -2.60. The van der Waals surface area contributed by atoms with E-state index >= 15 is 0 Å². The maximum absolute atomic E-state index is 12.9. The molecule has 0 aliphatic carbocycles. The number of esters is 2. The molecule has 4 N–H and O–H groups in total. The molecule has 6 atom stereocenters. The third-order valence-electron chi connectivity index (χ3n) is 10.8. The molecule has 0 spiro atoms. The smallest absolute Gasteiger partial charge is 0.306 e. The zero-order valence-corrected chi connectivity index (χ0v) is 40.2. The van der Waals surface area contributed by atoms with E-state index in [-0.39, 0.29) is 19.4 Å². The minimum Gasteiger partial charge on any atom is -0.462 e. The highest BCUT2D eigenvalue weighted by molar-refractivity contribution is 7.85. The molecule has 13 heteroatoms. The second kappa shape index (κ2) is 40.4. The van der Waals surface area contributed by atoms with Crippen LogP contribution in [0.5, 0.6) is 0 Å². The number of unbranched alkanes of at least 4 members (excludes halogenated alkanes) is 16. The van der Waals surface area contributed by atoms with Crippen LogP contribution in [0.4, 0.5) is 0 Å². The summed E-state index contributed by atoms with van der Waals surface area (Å²) < 4.78 is 54.2. The molecule has 368 valence electrons. The maximum atomic E-state index is 12.9. The minimum absolute atomic E-state index is 0.148. The molecule has 0 bridgehead atoms. The predicted octanol–water partition coefficient (Wildman–Crippen LogP) is 10.7. The highest BCUT2D eigenvalue weighted by atomic mass is 32.2. The molecular weight excluding hydrogens is 837 g/mol. The van der Waals surface area contributed by atoms with E-state index in [0.29, 0.717) is 12.8 Å². The molecule has 0 amide bonds. The van der Waals surface area contributed by atoms with Crippen LogP contribution in [0.25, 0.3) is 0 Å². The molecule has 1 aliphatic heterocycles. The van der Waals surface area contributed by atoms with Crippen molar-refractivity contribution in [1.82, 2.24) is 0 Å². The molecule has 1 saturated heterocycles. The van der Waals surface area contributed by atoms with Gasteiger partial charge in [-0.15, -0.1) is 0 Å². The fraction of sp³-hybridized carbons (Fsp3) is 0.725. The van der Waals surface area contributed by atoms with E-state index in [2.05, 4.69) is 86.8 Å². The Labute approximate surface area is 387 Å². The van der Waals surface area contributed by atoms with Crippen molar-refractivity contribution >= 4 is 22.1 Å². The van der Waals surface area contributed by atoms with Gasteiger partial charge in [0.1, 0.15) is 36.8 Å². The number of aliphatic hydroxyl groups is 3. The van der Waals surface area contributed by atoms with Gasteiger partial charge in [0.15, 0.2) is 12.4 Å². The standard InChI is InChI=1S/C51H86O12S/c1-3-5-7-9-11-13-15-17-19-20-21-22-23-24-26-28-30-32-34-36-38-40-47(53)62-44(42-61-51-50(56)49(55)48(54)45(63-51)43-64(57,58)59)41-60-46(52)39-37-35-33-31-29-27-25-18-16-14-12-10-8-6-4-2/h5,7,11-14,17-19,21-22,25,44-45,48-51,54-56H,3-4,6,8-10,15-16,20,23-24,26-43H2,1-2H3,(H,57,58,59)/b7-5-,13-11-,14-12-,19-17-,22-21-,25-18-. The van der Waals surface area contributed by atoms with Crippen LogP contribution >= 0.6 is 0 Å². The summed E-state index contributed by atoms with van der Waals surface area (Å²) in [4.78, 5) is 25.5. The second-order valence-corrected chi connectivity index (χ2v) is 18.2. The van der Waals surface area contributed by atoms with Crippen molar-refractivity contribution < 1.29 is 56.8 Å². The van der Waals surface area contributed by atoms with Crippen LogP contribution in [-0.4, -0.2) is 96.0 Å². The van der Waals surface area contributed by atoms with Crippen molar-refractivity contribution in [2.24, 2.45) is 0 Å². The van der Waals surface area contributed by atoms with Crippen LogP contribution in [0.1, 0.15) is 181 Å². The zero-order valence-electron chi connectivity index (χ0n) is 39.4. The van der Waals surface area contributed by atoms with Gasteiger partial charge in [-0.1, -0.05) is 157 Å². The summed E-state index contributed by atoms with van der Waals surface area (Å²) in [6, 6.07) is 0. The third kappa shape index (κ3) is 34.4. The molecule has 64 heavy (non-hydrogen) atoms. The molecule has 1 fully saturated rings. The Morgan fingerprint density at radius 3 is 1.47 bits per heavy atom. The van der Waals surface area contributed by atoms with Gasteiger partial charge in [-0.05, 0) is 83.5 Å². The summed E-state index contributed by atoms with van der Waals surface area (Å²) in [5, 5.41) is 30.9. The lowest BCUT2D eigenvalue weighted by molar-refractivity contribution is -0.297. The fourth-order valence-electron chi connectivity index (χ4n) is 6.99. The largest absolute Gasteiger partial charge is 0.462 e. The highest BCUT2D eigenvalue weighted by Gasteiger charge is 2.46. The Morgan fingerprint density at radius 1 is 0.547 bits per heavy atom. The lowest BCUT2D eigenvalue weighted by atomic mass is 10.00. The Morgan fingerprint density at radius 2 is 0.984 bits per heavy atom. The van der Waals surface area contributed by atoms with Crippen molar-refractivity contribution in [3.05, 3.63) is 72.9 Å². The third-order valence-corrected chi connectivity index (χ3v) is 11.5. The fourth-order valence-corrected chi connectivity index (χ4v) is 7.68. The van der Waals surface area contributed by atoms with Crippen molar-refractivity contribution in [1.29, 1.82) is 0 Å². The molecule has 1 heterocycles. The van der Waals surface area contributed by atoms with Crippen LogP contribution in [0.3, 0.4) is 0 Å². The van der Waals surface area contributed by atoms with Gasteiger partial charge in [-0.2, -0.15) is 8.42 Å². The van der Waals surface area contributed by atoms with Crippen LogP contribution in [0.15, 0.2) is 72.9 Å². The van der Waals surface area contributed by atoms with E-state index in [0.717, 1.165) is 103 Å². The summed E-state index contributed by atoms with van der Waals surface area (Å²) in [5.74, 6) is -2.02. The van der Waals surface area contributed by atoms with E-state index in [1.165, 1.54) is 38.5 Å². The molecule has 0 aromatic rings. The van der Waals surface area contributed by atoms with Gasteiger partial charge in [0.25, 0.3) is 10.1 Å². The molecule has 0 radical (unpaired) electrons. The Kier molecular flexibility index (Phi) is 37.3. The number of aliphatic hydroxyl groups excluding tert-OH is 3. The average molecular weight is 923 g/mol. The molecule has 6 unspecified atom stereocenters. The van der Waals surface area contributed by atoms with Crippen LogP contribution in [-0.2, 0) is 38.7 Å². The van der Waals surface area contributed by atoms with Gasteiger partial charge in [0.05, 0.1) is 6.61 Å². The topological polar surface area (TPSA) is 186 Å². The number of hydrogen-bond acceptors (Lipinski definition) is 11. The second-order valence-electron chi connectivity index (χ2n) is 16.7. The van der Waals surface area contributed by atoms with E-state index in [1.807, 2.05) is 0 Å². The SMILES string of the molecule is CC/C=C\C/C=C\C/C=C\C/C=C\CCCCCCCCCCC(=O)OC(COC(=O)CCCCCCC/C=C\C/C=C\CCCCC)COC1OC(CS(=O)(=O)O)C(O)C(O)C1O. The summed E-state index contributed by atoms with van der Waals surface area (Å²) >= 11 is 0. The summed E-state index contributed by atoms with van der Waals surface area (Å²) in [5.41, 5.74) is 0. The van der Waals surface area contributed by atoms with Gasteiger partial charge in [0.2, 0.25) is 0 Å². The summed E-state index contributed by atoms with van der Waals surface area (Å²) in [6.45, 7) is 3.60. The van der Waals surface area contributed by atoms with Gasteiger partial charge >= 0.3 is 11.9 Å². The van der Waals surface area contributed by atoms with Crippen molar-refractivity contribution in [3.8, 4) is 0 Å². The quantitative estimate of drug-likeness (QED) is 0.0198. The lowest BCUT2D eigenvalue weighted by Gasteiger charge is -2.40. The van der Waals surface area contributed by atoms with E-state index in [1.54, 1.807) is 0 Å². The van der Waals surface area contributed by atoms with Gasteiger partial charge in [-0.25, -0.2) is 0 Å². The normalized spacial score (nSPS) is 20.2. The van der Waals surface area contributed by atoms with Gasteiger partial charge < -0.3 is 34.3 Å². The maximum Gasteiger partial charge on any atom is 0.306 e. The molecule has 0 aromatic heterocycles. The van der Waals surface area contributed by atoms with Crippen LogP contribution < -0.4 is 0 Å². The highest BCUT2D eigenvalue weighted by Crippen LogP contribution is 2.24. The number of allylic oxidation sites excluding steroid dienone is 12. The molecule has 0 aromatic carbocycles. The van der Waals surface area contributed by atoms with Gasteiger partial charge in [-0.3, -0.25) is 14.1 Å². The molecular formula is C51H86O12S. The molecule has 1 rings (SSSR count). The van der Waals surface area contributed by atoms with Crippen LogP contribution in [0.2, 0.25) is 0 Å². The molecule has 12 nitrogen and oxygen atoms in total. The zero-order chi connectivity index (χ0) is 46.9. The first-order chi connectivity index (χ1) is 31.0. The summed E-state index contributed by atoms with van der Waals surface area (Å²) in [7, 11) is -4.61. The number of rotatable bonds is 40. The first kappa shape index (κ1) is 59.1. The number of ether oxygens (including phenoxy) is 4. The summed E-state index contributed by atoms with van der Waals surface area (Å²) in [6.07, 6.45) is 42.2. The Hall–Kier alpha value is -2.91. The first-order valence-electron chi connectivity index (χ1n) is 24.5. The minimum atomic E-state index is -4.61. The van der Waals surface area contributed by atoms with Crippen molar-refractivity contribution in [3.63, 3.8) is 0 Å². The van der Waals surface area contributed by atoms with E-state index in [4.69, 9.17) is 18.9 Å².